The van der Waals surface area contributed by atoms with Gasteiger partial charge in [-0.1, -0.05) is 30.1 Å². The zero-order valence-electron chi connectivity index (χ0n) is 9.56. The van der Waals surface area contributed by atoms with E-state index >= 15 is 0 Å². The Morgan fingerprint density at radius 2 is 1.88 bits per heavy atom. The van der Waals surface area contributed by atoms with Gasteiger partial charge in [0.2, 0.25) is 0 Å². The summed E-state index contributed by atoms with van der Waals surface area (Å²) in [4.78, 5) is 4.54. The van der Waals surface area contributed by atoms with Crippen molar-refractivity contribution in [1.29, 1.82) is 0 Å². The first-order valence-corrected chi connectivity index (χ1v) is 6.05. The van der Waals surface area contributed by atoms with Crippen LogP contribution >= 0.6 is 23.2 Å². The Morgan fingerprint density at radius 1 is 1.19 bits per heavy atom. The van der Waals surface area contributed by atoms with E-state index in [1.807, 2.05) is 26.0 Å². The normalized spacial score (nSPS) is 11.1. The van der Waals surface area contributed by atoms with Crippen LogP contribution in [0.4, 0.5) is 0 Å². The minimum atomic E-state index is 0.736. The van der Waals surface area contributed by atoms with Crippen molar-refractivity contribution in [1.82, 2.24) is 4.98 Å². The molecule has 0 amide bonds. The first kappa shape index (κ1) is 11.7. The Kier molecular flexibility index (Phi) is 3.09. The van der Waals surface area contributed by atoms with Gasteiger partial charge in [0.1, 0.15) is 0 Å². The molecule has 2 aromatic rings. The molecule has 0 aliphatic heterocycles. The Hall–Kier alpha value is -0.790. The molecule has 0 radical (unpaired) electrons. The van der Waals surface area contributed by atoms with Crippen LogP contribution in [0.5, 0.6) is 0 Å². The number of fused-ring (bicyclic) bond motifs is 1. The standard InChI is InChI=1S/C13H13Cl2N/c1-4-9-8(3)16-12-6-11(14)7(2)5-10(12)13(9)15/h5-6H,4H2,1-3H3. The third-order valence-electron chi connectivity index (χ3n) is 2.86. The molecule has 1 aromatic heterocycles. The molecule has 0 spiro atoms. The summed E-state index contributed by atoms with van der Waals surface area (Å²) in [6, 6.07) is 3.89. The van der Waals surface area contributed by atoms with E-state index in [0.717, 1.165) is 44.2 Å². The maximum absolute atomic E-state index is 6.39. The minimum absolute atomic E-state index is 0.736. The zero-order chi connectivity index (χ0) is 11.9. The highest BCUT2D eigenvalue weighted by Crippen LogP contribution is 2.31. The highest BCUT2D eigenvalue weighted by molar-refractivity contribution is 6.37. The summed E-state index contributed by atoms with van der Waals surface area (Å²) in [7, 11) is 0. The summed E-state index contributed by atoms with van der Waals surface area (Å²) < 4.78 is 0. The first-order chi connectivity index (χ1) is 7.54. The SMILES string of the molecule is CCc1c(C)nc2cc(Cl)c(C)cc2c1Cl. The summed E-state index contributed by atoms with van der Waals surface area (Å²) in [5.41, 5.74) is 4.01. The van der Waals surface area contributed by atoms with E-state index in [4.69, 9.17) is 23.2 Å². The van der Waals surface area contributed by atoms with Crippen molar-refractivity contribution in [3.8, 4) is 0 Å². The predicted octanol–water partition coefficient (Wildman–Crippen LogP) is 4.72. The highest BCUT2D eigenvalue weighted by Gasteiger charge is 2.10. The van der Waals surface area contributed by atoms with Crippen molar-refractivity contribution in [3.05, 3.63) is 39.0 Å². The molecule has 0 saturated heterocycles. The molecule has 0 N–H and O–H groups in total. The maximum atomic E-state index is 6.39. The van der Waals surface area contributed by atoms with Crippen molar-refractivity contribution in [2.75, 3.05) is 0 Å². The molecule has 84 valence electrons. The average Bonchev–Trinajstić information content (AvgIpc) is 2.22. The van der Waals surface area contributed by atoms with E-state index in [1.54, 1.807) is 0 Å². The topological polar surface area (TPSA) is 12.9 Å². The number of pyridine rings is 1. The fourth-order valence-electron chi connectivity index (χ4n) is 1.92. The lowest BCUT2D eigenvalue weighted by molar-refractivity contribution is 1.07. The van der Waals surface area contributed by atoms with Gasteiger partial charge in [0, 0.05) is 16.1 Å². The molecule has 1 nitrogen and oxygen atoms in total. The highest BCUT2D eigenvalue weighted by atomic mass is 35.5. The van der Waals surface area contributed by atoms with Crippen LogP contribution in [0.15, 0.2) is 12.1 Å². The smallest absolute Gasteiger partial charge is 0.0735 e. The molecule has 16 heavy (non-hydrogen) atoms. The van der Waals surface area contributed by atoms with E-state index < -0.39 is 0 Å². The number of benzene rings is 1. The molecule has 1 aromatic carbocycles. The molecule has 0 aliphatic carbocycles. The van der Waals surface area contributed by atoms with E-state index in [0.29, 0.717) is 0 Å². The molecule has 1 heterocycles. The van der Waals surface area contributed by atoms with Gasteiger partial charge in [0.15, 0.2) is 0 Å². The summed E-state index contributed by atoms with van der Waals surface area (Å²) in [5, 5.41) is 2.54. The Bertz CT molecular complexity index is 562. The van der Waals surface area contributed by atoms with Gasteiger partial charge in [0.05, 0.1) is 10.5 Å². The van der Waals surface area contributed by atoms with Crippen molar-refractivity contribution in [2.24, 2.45) is 0 Å². The number of aromatic nitrogens is 1. The molecule has 0 saturated carbocycles. The number of rotatable bonds is 1. The minimum Gasteiger partial charge on any atom is -0.253 e. The second kappa shape index (κ2) is 4.23. The second-order valence-electron chi connectivity index (χ2n) is 3.96. The van der Waals surface area contributed by atoms with E-state index in [1.165, 1.54) is 0 Å². The zero-order valence-corrected chi connectivity index (χ0v) is 11.1. The van der Waals surface area contributed by atoms with Crippen molar-refractivity contribution < 1.29 is 0 Å². The van der Waals surface area contributed by atoms with Crippen LogP contribution in [0, 0.1) is 13.8 Å². The van der Waals surface area contributed by atoms with Gasteiger partial charge in [-0.15, -0.1) is 0 Å². The maximum Gasteiger partial charge on any atom is 0.0735 e. The van der Waals surface area contributed by atoms with E-state index in [2.05, 4.69) is 11.9 Å². The van der Waals surface area contributed by atoms with E-state index in [9.17, 15) is 0 Å². The lowest BCUT2D eigenvalue weighted by Crippen LogP contribution is -1.95. The van der Waals surface area contributed by atoms with Crippen molar-refractivity contribution in [3.63, 3.8) is 0 Å². The van der Waals surface area contributed by atoms with Crippen LogP contribution in [-0.4, -0.2) is 4.98 Å². The lowest BCUT2D eigenvalue weighted by Gasteiger charge is -2.10. The van der Waals surface area contributed by atoms with Gasteiger partial charge in [-0.3, -0.25) is 4.98 Å². The summed E-state index contributed by atoms with van der Waals surface area (Å²) in [6.45, 7) is 6.05. The molecular formula is C13H13Cl2N. The number of nitrogens with zero attached hydrogens (tertiary/aromatic N) is 1. The molecule has 0 bridgehead atoms. The number of hydrogen-bond acceptors (Lipinski definition) is 1. The van der Waals surface area contributed by atoms with Gasteiger partial charge < -0.3 is 0 Å². The third-order valence-corrected chi connectivity index (χ3v) is 3.70. The van der Waals surface area contributed by atoms with Gasteiger partial charge in [-0.25, -0.2) is 0 Å². The van der Waals surface area contributed by atoms with Crippen LogP contribution in [0.3, 0.4) is 0 Å². The van der Waals surface area contributed by atoms with Crippen LogP contribution in [0.25, 0.3) is 10.9 Å². The molecule has 2 rings (SSSR count). The monoisotopic (exact) mass is 253 g/mol. The molecule has 0 atom stereocenters. The second-order valence-corrected chi connectivity index (χ2v) is 4.75. The molecule has 0 aliphatic rings. The fourth-order valence-corrected chi connectivity index (χ4v) is 2.50. The Balaban J connectivity index is 2.88. The van der Waals surface area contributed by atoms with Crippen molar-refractivity contribution in [2.45, 2.75) is 27.2 Å². The fraction of sp³-hybridized carbons (Fsp3) is 0.308. The van der Waals surface area contributed by atoms with E-state index in [-0.39, 0.29) is 0 Å². The molecule has 3 heteroatoms. The van der Waals surface area contributed by atoms with Crippen molar-refractivity contribution >= 4 is 34.1 Å². The predicted molar refractivity (Wildman–Crippen MR) is 70.6 cm³/mol. The largest absolute Gasteiger partial charge is 0.253 e. The van der Waals surface area contributed by atoms with Crippen LogP contribution < -0.4 is 0 Å². The summed E-state index contributed by atoms with van der Waals surface area (Å²) in [6.07, 6.45) is 0.898. The van der Waals surface area contributed by atoms with Gasteiger partial charge in [-0.05, 0) is 43.5 Å². The molecular weight excluding hydrogens is 241 g/mol. The lowest BCUT2D eigenvalue weighted by atomic mass is 10.1. The first-order valence-electron chi connectivity index (χ1n) is 5.29. The Labute approximate surface area is 105 Å². The van der Waals surface area contributed by atoms with Gasteiger partial charge in [-0.2, -0.15) is 0 Å². The van der Waals surface area contributed by atoms with Crippen LogP contribution in [0.1, 0.15) is 23.7 Å². The quantitative estimate of drug-likeness (QED) is 0.717. The Morgan fingerprint density at radius 3 is 2.50 bits per heavy atom. The summed E-state index contributed by atoms with van der Waals surface area (Å²) >= 11 is 12.5. The average molecular weight is 254 g/mol. The molecule has 0 unspecified atom stereocenters. The number of hydrogen-bond donors (Lipinski definition) is 0. The summed E-state index contributed by atoms with van der Waals surface area (Å²) in [5.74, 6) is 0. The third kappa shape index (κ3) is 1.79. The molecule has 0 fully saturated rings. The van der Waals surface area contributed by atoms with Crippen LogP contribution in [-0.2, 0) is 6.42 Å². The number of aryl methyl sites for hydroxylation is 2. The van der Waals surface area contributed by atoms with Crippen LogP contribution in [0.2, 0.25) is 10.0 Å². The number of halogens is 2. The van der Waals surface area contributed by atoms with Gasteiger partial charge >= 0.3 is 0 Å². The van der Waals surface area contributed by atoms with Gasteiger partial charge in [0.25, 0.3) is 0 Å².